The molecule has 0 amide bonds. The van der Waals surface area contributed by atoms with Gasteiger partial charge in [-0.25, -0.2) is 0 Å². The molecule has 0 radical (unpaired) electrons. The highest BCUT2D eigenvalue weighted by molar-refractivity contribution is 5.71. The van der Waals surface area contributed by atoms with Gasteiger partial charge in [0.05, 0.1) is 6.61 Å². The van der Waals surface area contributed by atoms with E-state index in [4.69, 9.17) is 4.74 Å². The number of carbonyl (C=O) groups excluding carboxylic acids is 1. The zero-order valence-electron chi connectivity index (χ0n) is 12.6. The number of hydrogen-bond acceptors (Lipinski definition) is 4. The first-order valence-corrected chi connectivity index (χ1v) is 7.47. The third-order valence-electron chi connectivity index (χ3n) is 3.07. The average molecular weight is 315 g/mol. The Hall–Kier alpha value is -1.85. The SMILES string of the molecule is CCCCCCCCOc1ccc(OC(F)(F)C(=O)[O-])cc1. The van der Waals surface area contributed by atoms with Gasteiger partial charge in [-0.05, 0) is 30.7 Å². The summed E-state index contributed by atoms with van der Waals surface area (Å²) < 4.78 is 35.1. The fourth-order valence-corrected chi connectivity index (χ4v) is 1.87. The van der Waals surface area contributed by atoms with Crippen LogP contribution in [0.5, 0.6) is 11.5 Å². The van der Waals surface area contributed by atoms with Crippen LogP contribution >= 0.6 is 0 Å². The van der Waals surface area contributed by atoms with E-state index in [-0.39, 0.29) is 5.75 Å². The predicted octanol–water partition coefficient (Wildman–Crippen LogP) is 3.15. The minimum atomic E-state index is -4.35. The molecule has 0 fully saturated rings. The molecule has 0 aromatic heterocycles. The summed E-state index contributed by atoms with van der Waals surface area (Å²) in [6, 6.07) is 5.37. The Kier molecular flexibility index (Phi) is 7.63. The van der Waals surface area contributed by atoms with Gasteiger partial charge in [-0.1, -0.05) is 39.0 Å². The molecule has 6 heteroatoms. The molecule has 1 aromatic carbocycles. The van der Waals surface area contributed by atoms with Crippen LogP contribution in [0.25, 0.3) is 0 Å². The summed E-state index contributed by atoms with van der Waals surface area (Å²) in [7, 11) is 0. The maximum atomic E-state index is 12.8. The number of carboxylic acid groups (broad SMARTS) is 1. The lowest BCUT2D eigenvalue weighted by Crippen LogP contribution is -2.45. The van der Waals surface area contributed by atoms with Crippen LogP contribution in [0.15, 0.2) is 24.3 Å². The molecule has 124 valence electrons. The summed E-state index contributed by atoms with van der Waals surface area (Å²) in [6.07, 6.45) is 2.56. The molecular weight excluding hydrogens is 294 g/mol. The number of alkyl halides is 2. The van der Waals surface area contributed by atoms with Gasteiger partial charge in [-0.3, -0.25) is 0 Å². The third-order valence-corrected chi connectivity index (χ3v) is 3.07. The number of ether oxygens (including phenoxy) is 2. The van der Waals surface area contributed by atoms with Crippen LogP contribution in [0.3, 0.4) is 0 Å². The first-order chi connectivity index (χ1) is 10.5. The third kappa shape index (κ3) is 6.74. The normalized spacial score (nSPS) is 11.2. The van der Waals surface area contributed by atoms with E-state index in [2.05, 4.69) is 11.7 Å². The van der Waals surface area contributed by atoms with E-state index >= 15 is 0 Å². The molecule has 0 saturated carbocycles. The van der Waals surface area contributed by atoms with Crippen molar-refractivity contribution in [1.82, 2.24) is 0 Å². The van der Waals surface area contributed by atoms with Crippen molar-refractivity contribution in [3.05, 3.63) is 24.3 Å². The van der Waals surface area contributed by atoms with Crippen molar-refractivity contribution in [1.29, 1.82) is 0 Å². The fraction of sp³-hybridized carbons (Fsp3) is 0.562. The van der Waals surface area contributed by atoms with Gasteiger partial charge in [0.15, 0.2) is 5.97 Å². The van der Waals surface area contributed by atoms with E-state index in [1.54, 1.807) is 0 Å². The van der Waals surface area contributed by atoms with Crippen LogP contribution in [-0.2, 0) is 4.79 Å². The molecule has 1 rings (SSSR count). The second-order valence-electron chi connectivity index (χ2n) is 4.99. The molecule has 0 saturated heterocycles. The molecule has 0 aliphatic rings. The van der Waals surface area contributed by atoms with E-state index < -0.39 is 12.1 Å². The summed E-state index contributed by atoms with van der Waals surface area (Å²) in [5, 5.41) is 10.2. The van der Waals surface area contributed by atoms with Gasteiger partial charge in [0.25, 0.3) is 0 Å². The van der Waals surface area contributed by atoms with E-state index in [1.807, 2.05) is 0 Å². The smallest absolute Gasteiger partial charge is 0.441 e. The summed E-state index contributed by atoms with van der Waals surface area (Å²) in [6.45, 7) is 2.72. The van der Waals surface area contributed by atoms with E-state index in [1.165, 1.54) is 49.9 Å². The topological polar surface area (TPSA) is 58.6 Å². The van der Waals surface area contributed by atoms with Crippen LogP contribution in [0.4, 0.5) is 8.78 Å². The highest BCUT2D eigenvalue weighted by atomic mass is 19.3. The van der Waals surface area contributed by atoms with Gasteiger partial charge in [-0.15, -0.1) is 0 Å². The number of halogens is 2. The fourth-order valence-electron chi connectivity index (χ4n) is 1.87. The number of unbranched alkanes of at least 4 members (excludes halogenated alkanes) is 5. The minimum absolute atomic E-state index is 0.263. The Morgan fingerprint density at radius 1 is 1.05 bits per heavy atom. The Morgan fingerprint density at radius 2 is 1.59 bits per heavy atom. The summed E-state index contributed by atoms with van der Waals surface area (Å²) >= 11 is 0. The second kappa shape index (κ2) is 9.23. The molecule has 0 N–H and O–H groups in total. The lowest BCUT2D eigenvalue weighted by atomic mass is 10.1. The van der Waals surface area contributed by atoms with Crippen LogP contribution in [-0.4, -0.2) is 18.7 Å². The molecule has 0 unspecified atom stereocenters. The van der Waals surface area contributed by atoms with E-state index in [9.17, 15) is 18.7 Å². The maximum absolute atomic E-state index is 12.8. The number of aliphatic carboxylic acids is 1. The Morgan fingerprint density at radius 3 is 2.18 bits per heavy atom. The van der Waals surface area contributed by atoms with Crippen LogP contribution in [0, 0.1) is 0 Å². The molecular formula is C16H21F2O4-. The van der Waals surface area contributed by atoms with Gasteiger partial charge >= 0.3 is 6.11 Å². The zero-order valence-corrected chi connectivity index (χ0v) is 12.6. The molecule has 0 bridgehead atoms. The zero-order chi connectivity index (χ0) is 16.4. The summed E-state index contributed by atoms with van der Waals surface area (Å²) in [5.41, 5.74) is 0. The van der Waals surface area contributed by atoms with Crippen LogP contribution in [0.1, 0.15) is 45.4 Å². The molecule has 4 nitrogen and oxygen atoms in total. The van der Waals surface area contributed by atoms with Crippen LogP contribution in [0.2, 0.25) is 0 Å². The number of hydrogen-bond donors (Lipinski definition) is 0. The summed E-state index contributed by atoms with van der Waals surface area (Å²) in [4.78, 5) is 10.2. The van der Waals surface area contributed by atoms with Crippen molar-refractivity contribution in [3.8, 4) is 11.5 Å². The maximum Gasteiger partial charge on any atom is 0.441 e. The highest BCUT2D eigenvalue weighted by Gasteiger charge is 2.33. The molecule has 0 atom stereocenters. The molecule has 0 heterocycles. The number of carboxylic acids is 1. The van der Waals surface area contributed by atoms with Crippen molar-refractivity contribution in [3.63, 3.8) is 0 Å². The quantitative estimate of drug-likeness (QED) is 0.589. The van der Waals surface area contributed by atoms with Crippen molar-refractivity contribution in [2.75, 3.05) is 6.61 Å². The molecule has 0 aliphatic heterocycles. The molecule has 0 spiro atoms. The standard InChI is InChI=1S/C16H22F2O4/c1-2-3-4-5-6-7-12-21-13-8-10-14(11-9-13)22-16(17,18)15(19)20/h8-11H,2-7,12H2,1H3,(H,19,20)/p-1. The van der Waals surface area contributed by atoms with Gasteiger partial charge in [-0.2, -0.15) is 8.78 Å². The van der Waals surface area contributed by atoms with Gasteiger partial charge in [0.2, 0.25) is 0 Å². The van der Waals surface area contributed by atoms with Gasteiger partial charge in [0, 0.05) is 0 Å². The second-order valence-corrected chi connectivity index (χ2v) is 4.99. The minimum Gasteiger partial charge on any atom is -0.541 e. The van der Waals surface area contributed by atoms with Gasteiger partial charge in [0.1, 0.15) is 11.5 Å². The Bertz CT molecular complexity index is 446. The first-order valence-electron chi connectivity index (χ1n) is 7.47. The van der Waals surface area contributed by atoms with Crippen molar-refractivity contribution < 1.29 is 28.2 Å². The Balaban J connectivity index is 2.29. The number of benzene rings is 1. The average Bonchev–Trinajstić information content (AvgIpc) is 2.47. The molecule has 1 aromatic rings. The lowest BCUT2D eigenvalue weighted by molar-refractivity contribution is -0.350. The molecule has 22 heavy (non-hydrogen) atoms. The monoisotopic (exact) mass is 315 g/mol. The number of carbonyl (C=O) groups is 1. The summed E-state index contributed by atoms with van der Waals surface area (Å²) in [5.74, 6) is -2.31. The van der Waals surface area contributed by atoms with Crippen molar-refractivity contribution in [2.24, 2.45) is 0 Å². The number of rotatable bonds is 11. The van der Waals surface area contributed by atoms with Crippen molar-refractivity contribution >= 4 is 5.97 Å². The first kappa shape index (κ1) is 18.2. The predicted molar refractivity (Wildman–Crippen MR) is 75.9 cm³/mol. The van der Waals surface area contributed by atoms with Gasteiger partial charge < -0.3 is 19.4 Å². The lowest BCUT2D eigenvalue weighted by Gasteiger charge is -2.18. The highest BCUT2D eigenvalue weighted by Crippen LogP contribution is 2.23. The van der Waals surface area contributed by atoms with E-state index in [0.29, 0.717) is 12.4 Å². The molecule has 0 aliphatic carbocycles. The Labute approximate surface area is 129 Å². The van der Waals surface area contributed by atoms with E-state index in [0.717, 1.165) is 12.8 Å². The van der Waals surface area contributed by atoms with Crippen LogP contribution < -0.4 is 14.6 Å². The van der Waals surface area contributed by atoms with Crippen molar-refractivity contribution in [2.45, 2.75) is 51.6 Å². The largest absolute Gasteiger partial charge is 0.541 e.